The molecule has 2 aliphatic rings. The summed E-state index contributed by atoms with van der Waals surface area (Å²) in [6, 6.07) is 0. The lowest BCUT2D eigenvalue weighted by molar-refractivity contribution is -0.136. The summed E-state index contributed by atoms with van der Waals surface area (Å²) >= 11 is 0. The van der Waals surface area contributed by atoms with Crippen LogP contribution in [0.15, 0.2) is 0 Å². The fraction of sp³-hybridized carbons (Fsp3) is 0.857. The summed E-state index contributed by atoms with van der Waals surface area (Å²) in [4.78, 5) is 12.9. The van der Waals surface area contributed by atoms with Crippen LogP contribution in [0.25, 0.3) is 0 Å². The Balaban J connectivity index is 2.14. The maximum absolute atomic E-state index is 11.2. The first kappa shape index (κ1) is 6.16. The van der Waals surface area contributed by atoms with Crippen molar-refractivity contribution in [3.63, 3.8) is 0 Å². The van der Waals surface area contributed by atoms with Crippen LogP contribution in [0.3, 0.4) is 0 Å². The van der Waals surface area contributed by atoms with Crippen LogP contribution in [0.2, 0.25) is 0 Å². The van der Waals surface area contributed by atoms with E-state index in [2.05, 4.69) is 0 Å². The van der Waals surface area contributed by atoms with Gasteiger partial charge in [-0.05, 0) is 6.42 Å². The lowest BCUT2D eigenvalue weighted by Gasteiger charge is -2.22. The van der Waals surface area contributed by atoms with E-state index in [9.17, 15) is 4.79 Å². The summed E-state index contributed by atoms with van der Waals surface area (Å²) in [5, 5.41) is 0. The quantitative estimate of drug-likeness (QED) is 0.452. The largest absolute Gasteiger partial charge is 0.348 e. The van der Waals surface area contributed by atoms with Gasteiger partial charge in [0.05, 0.1) is 0 Å². The molecule has 0 saturated carbocycles. The van der Waals surface area contributed by atoms with Gasteiger partial charge >= 0.3 is 0 Å². The van der Waals surface area contributed by atoms with Crippen molar-refractivity contribution in [3.8, 4) is 0 Å². The van der Waals surface area contributed by atoms with E-state index in [-0.39, 0.29) is 18.1 Å². The van der Waals surface area contributed by atoms with Crippen LogP contribution in [-0.2, 0) is 9.53 Å². The minimum Gasteiger partial charge on any atom is -0.348 e. The number of ether oxygens (including phenoxy) is 1. The molecule has 0 bridgehead atoms. The molecule has 0 spiro atoms. The average Bonchev–Trinajstić information content (AvgIpc) is 2.62. The molecule has 0 aromatic rings. The molecule has 2 fully saturated rings. The minimum atomic E-state index is 0.115. The van der Waals surface area contributed by atoms with Crippen molar-refractivity contribution >= 4 is 5.91 Å². The lowest BCUT2D eigenvalue weighted by Crippen LogP contribution is -2.39. The number of hydrogen-bond acceptors (Lipinski definition) is 2. The Morgan fingerprint density at radius 3 is 3.10 bits per heavy atom. The molecule has 10 heavy (non-hydrogen) atoms. The van der Waals surface area contributed by atoms with Crippen molar-refractivity contribution in [2.45, 2.75) is 25.7 Å². The number of carbonyl (C=O) groups is 1. The second-order valence-electron chi connectivity index (χ2n) is 3.15. The zero-order valence-corrected chi connectivity index (χ0v) is 6.20. The van der Waals surface area contributed by atoms with Crippen molar-refractivity contribution in [3.05, 3.63) is 0 Å². The highest BCUT2D eigenvalue weighted by atomic mass is 16.6. The molecule has 2 unspecified atom stereocenters. The van der Waals surface area contributed by atoms with Crippen molar-refractivity contribution in [1.82, 2.24) is 4.90 Å². The zero-order valence-electron chi connectivity index (χ0n) is 6.20. The molecule has 0 aliphatic carbocycles. The monoisotopic (exact) mass is 141 g/mol. The van der Waals surface area contributed by atoms with Crippen molar-refractivity contribution < 1.29 is 9.53 Å². The van der Waals surface area contributed by atoms with Gasteiger partial charge < -0.3 is 9.64 Å². The number of nitrogens with zero attached hydrogens (tertiary/aromatic N) is 1. The molecular weight excluding hydrogens is 130 g/mol. The molecule has 0 N–H and O–H groups in total. The third-order valence-corrected chi connectivity index (χ3v) is 2.29. The number of likely N-dealkylation sites (N-methyl/N-ethyl adjacent to an activating group) is 1. The summed E-state index contributed by atoms with van der Waals surface area (Å²) in [5.41, 5.74) is 0. The van der Waals surface area contributed by atoms with Gasteiger partial charge in [0, 0.05) is 13.0 Å². The molecule has 56 valence electrons. The average molecular weight is 141 g/mol. The number of carbonyl (C=O) groups excluding carboxylic acids is 1. The van der Waals surface area contributed by atoms with E-state index in [1.165, 1.54) is 0 Å². The highest BCUT2D eigenvalue weighted by Gasteiger charge is 2.50. The first-order valence-electron chi connectivity index (χ1n) is 3.62. The van der Waals surface area contributed by atoms with Crippen LogP contribution in [0.4, 0.5) is 0 Å². The number of epoxide rings is 1. The highest BCUT2D eigenvalue weighted by Crippen LogP contribution is 2.36. The van der Waals surface area contributed by atoms with Gasteiger partial charge in [0.2, 0.25) is 5.91 Å². The topological polar surface area (TPSA) is 32.8 Å². The van der Waals surface area contributed by atoms with Gasteiger partial charge in [0.25, 0.3) is 0 Å². The first-order valence-corrected chi connectivity index (χ1v) is 3.62. The fourth-order valence-electron chi connectivity index (χ4n) is 1.57. The molecule has 0 radical (unpaired) electrons. The lowest BCUT2D eigenvalue weighted by atomic mass is 10.00. The molecular formula is C7H11NO2. The maximum Gasteiger partial charge on any atom is 0.227 e. The van der Waals surface area contributed by atoms with E-state index in [4.69, 9.17) is 4.74 Å². The second-order valence-corrected chi connectivity index (χ2v) is 3.15. The summed E-state index contributed by atoms with van der Waals surface area (Å²) in [7, 11) is 1.81. The normalized spacial score (nSPS) is 45.2. The summed E-state index contributed by atoms with van der Waals surface area (Å²) in [6.07, 6.45) is 1.37. The zero-order chi connectivity index (χ0) is 7.30. The number of fused-ring (bicyclic) bond motifs is 1. The molecule has 3 heteroatoms. The van der Waals surface area contributed by atoms with Crippen molar-refractivity contribution in [2.75, 3.05) is 7.05 Å². The Bertz CT molecular complexity index is 180. The van der Waals surface area contributed by atoms with E-state index < -0.39 is 0 Å². The van der Waals surface area contributed by atoms with Crippen molar-refractivity contribution in [2.24, 2.45) is 5.92 Å². The van der Waals surface area contributed by atoms with Gasteiger partial charge in [-0.25, -0.2) is 0 Å². The summed E-state index contributed by atoms with van der Waals surface area (Å²) in [5.74, 6) is 0.382. The number of hydrogen-bond donors (Lipinski definition) is 0. The Labute approximate surface area is 60.0 Å². The minimum absolute atomic E-state index is 0.115. The fourth-order valence-corrected chi connectivity index (χ4v) is 1.57. The molecule has 2 aliphatic heterocycles. The third kappa shape index (κ3) is 0.669. The molecule has 0 aromatic heterocycles. The van der Waals surface area contributed by atoms with Crippen molar-refractivity contribution in [1.29, 1.82) is 0 Å². The first-order chi connectivity index (χ1) is 4.70. The van der Waals surface area contributed by atoms with Crippen LogP contribution < -0.4 is 0 Å². The predicted molar refractivity (Wildman–Crippen MR) is 35.2 cm³/mol. The van der Waals surface area contributed by atoms with Gasteiger partial charge in [-0.1, -0.05) is 6.92 Å². The Morgan fingerprint density at radius 2 is 2.40 bits per heavy atom. The van der Waals surface area contributed by atoms with E-state index in [1.807, 2.05) is 14.0 Å². The van der Waals surface area contributed by atoms with Gasteiger partial charge in [0.1, 0.15) is 6.10 Å². The Morgan fingerprint density at radius 1 is 1.70 bits per heavy atom. The van der Waals surface area contributed by atoms with Gasteiger partial charge in [-0.2, -0.15) is 0 Å². The standard InChI is InChI=1S/C7H11NO2/c1-4-3-5-7(10-5)8(2)6(4)9/h4-5,7H,3H2,1-2H3/t4?,5-,7?/m0/s1. The highest BCUT2D eigenvalue weighted by molar-refractivity contribution is 5.79. The molecule has 2 saturated heterocycles. The molecule has 3 nitrogen and oxygen atoms in total. The van der Waals surface area contributed by atoms with Gasteiger partial charge in [-0.15, -0.1) is 0 Å². The van der Waals surface area contributed by atoms with Gasteiger partial charge in [0.15, 0.2) is 6.23 Å². The van der Waals surface area contributed by atoms with E-state index >= 15 is 0 Å². The number of likely N-dealkylation sites (tertiary alicyclic amines) is 1. The molecule has 1 amide bonds. The molecule has 2 heterocycles. The van der Waals surface area contributed by atoms with E-state index in [0.29, 0.717) is 6.10 Å². The Kier molecular flexibility index (Phi) is 1.06. The maximum atomic E-state index is 11.2. The number of amides is 1. The van der Waals surface area contributed by atoms with Crippen LogP contribution >= 0.6 is 0 Å². The second kappa shape index (κ2) is 1.72. The predicted octanol–water partition coefficient (Wildman–Crippen LogP) is 0.210. The van der Waals surface area contributed by atoms with Crippen LogP contribution in [-0.4, -0.2) is 30.2 Å². The number of rotatable bonds is 0. The van der Waals surface area contributed by atoms with E-state index in [1.54, 1.807) is 4.90 Å². The smallest absolute Gasteiger partial charge is 0.227 e. The number of piperidine rings is 1. The van der Waals surface area contributed by atoms with Crippen LogP contribution in [0.5, 0.6) is 0 Å². The molecule has 2 rings (SSSR count). The van der Waals surface area contributed by atoms with Crippen LogP contribution in [0, 0.1) is 5.92 Å². The molecule has 3 atom stereocenters. The third-order valence-electron chi connectivity index (χ3n) is 2.29. The molecule has 0 aromatic carbocycles. The summed E-state index contributed by atoms with van der Waals surface area (Å²) < 4.78 is 5.24. The SMILES string of the molecule is CC1C[C@@H]2OC2N(C)C1=O. The van der Waals surface area contributed by atoms with Crippen LogP contribution in [0.1, 0.15) is 13.3 Å². The van der Waals surface area contributed by atoms with Gasteiger partial charge in [-0.3, -0.25) is 4.79 Å². The Hall–Kier alpha value is -0.570. The van der Waals surface area contributed by atoms with E-state index in [0.717, 1.165) is 6.42 Å². The summed E-state index contributed by atoms with van der Waals surface area (Å²) in [6.45, 7) is 1.96.